The molecule has 0 bridgehead atoms. The van der Waals surface area contributed by atoms with Gasteiger partial charge in [0.25, 0.3) is 5.91 Å². The van der Waals surface area contributed by atoms with E-state index < -0.39 is 0 Å². The topological polar surface area (TPSA) is 73.9 Å². The monoisotopic (exact) mass is 369 g/mol. The van der Waals surface area contributed by atoms with Crippen LogP contribution in [-0.2, 0) is 4.79 Å². The van der Waals surface area contributed by atoms with Crippen molar-refractivity contribution in [1.29, 1.82) is 0 Å². The van der Waals surface area contributed by atoms with Gasteiger partial charge >= 0.3 is 0 Å². The number of aryl methyl sites for hydroxylation is 1. The summed E-state index contributed by atoms with van der Waals surface area (Å²) < 4.78 is 16.3. The molecule has 2 aromatic rings. The second-order valence-electron chi connectivity index (χ2n) is 6.82. The van der Waals surface area contributed by atoms with Crippen molar-refractivity contribution in [2.24, 2.45) is 0 Å². The van der Waals surface area contributed by atoms with Crippen LogP contribution in [0, 0.1) is 6.92 Å². The zero-order valence-corrected chi connectivity index (χ0v) is 15.9. The molecule has 0 radical (unpaired) electrons. The number of carbonyl (C=O) groups excluding carboxylic acids is 2. The lowest BCUT2D eigenvalue weighted by Crippen LogP contribution is -2.21. The highest BCUT2D eigenvalue weighted by molar-refractivity contribution is 6.04. The highest BCUT2D eigenvalue weighted by Crippen LogP contribution is 2.37. The molecule has 0 saturated heterocycles. The number of carbonyl (C=O) groups is 2. The fourth-order valence-electron chi connectivity index (χ4n) is 2.80. The van der Waals surface area contributed by atoms with Crippen LogP contribution in [0.1, 0.15) is 48.2 Å². The number of ether oxygens (including phenoxy) is 3. The van der Waals surface area contributed by atoms with E-state index in [1.165, 1.54) is 6.92 Å². The van der Waals surface area contributed by atoms with Gasteiger partial charge in [-0.1, -0.05) is 26.0 Å². The highest BCUT2D eigenvalue weighted by atomic mass is 16.7. The lowest BCUT2D eigenvalue weighted by molar-refractivity contribution is -0.118. The molecule has 0 fully saturated rings. The molecule has 1 aliphatic heterocycles. The van der Waals surface area contributed by atoms with E-state index in [-0.39, 0.29) is 25.1 Å². The van der Waals surface area contributed by atoms with Gasteiger partial charge in [-0.2, -0.15) is 0 Å². The fraction of sp³-hybridized carbons (Fsp3) is 0.333. The van der Waals surface area contributed by atoms with Crippen LogP contribution in [0.25, 0.3) is 0 Å². The Balaban J connectivity index is 1.72. The number of anilines is 1. The lowest BCUT2D eigenvalue weighted by atomic mass is 10.0. The summed E-state index contributed by atoms with van der Waals surface area (Å²) in [7, 11) is 0. The van der Waals surface area contributed by atoms with Crippen LogP contribution < -0.4 is 19.5 Å². The minimum Gasteiger partial charge on any atom is -0.483 e. The number of benzene rings is 2. The van der Waals surface area contributed by atoms with Crippen LogP contribution in [0.2, 0.25) is 0 Å². The molecule has 1 heterocycles. The highest BCUT2D eigenvalue weighted by Gasteiger charge is 2.20. The number of ketones is 1. The number of Topliss-reactive ketones (excluding diaryl/α,β-unsaturated/α-hetero) is 1. The standard InChI is InChI=1S/C21H23NO5/c1-12(2)15-6-5-13(3)18(7-15)25-10-21(24)22-17-9-20-19(26-11-27-20)8-16(17)14(4)23/h5-9,12H,10-11H2,1-4H3,(H,22,24). The molecule has 3 rings (SSSR count). The molecular formula is C21H23NO5. The summed E-state index contributed by atoms with van der Waals surface area (Å²) in [6.07, 6.45) is 0. The van der Waals surface area contributed by atoms with Crippen molar-refractivity contribution >= 4 is 17.4 Å². The van der Waals surface area contributed by atoms with E-state index in [0.29, 0.717) is 34.4 Å². The van der Waals surface area contributed by atoms with Crippen molar-refractivity contribution < 1.29 is 23.8 Å². The van der Waals surface area contributed by atoms with E-state index in [0.717, 1.165) is 11.1 Å². The zero-order valence-electron chi connectivity index (χ0n) is 15.9. The van der Waals surface area contributed by atoms with Gasteiger partial charge in [0.05, 0.1) is 5.69 Å². The summed E-state index contributed by atoms with van der Waals surface area (Å²) in [5.41, 5.74) is 2.85. The van der Waals surface area contributed by atoms with Gasteiger partial charge in [0.2, 0.25) is 6.79 Å². The van der Waals surface area contributed by atoms with Crippen LogP contribution in [0.4, 0.5) is 5.69 Å². The van der Waals surface area contributed by atoms with Crippen LogP contribution >= 0.6 is 0 Å². The average Bonchev–Trinajstić information content (AvgIpc) is 3.07. The molecule has 0 spiro atoms. The Kier molecular flexibility index (Phi) is 5.35. The fourth-order valence-corrected chi connectivity index (χ4v) is 2.80. The molecule has 6 heteroatoms. The van der Waals surface area contributed by atoms with Gasteiger partial charge < -0.3 is 19.5 Å². The Bertz CT molecular complexity index is 888. The maximum atomic E-state index is 12.4. The summed E-state index contributed by atoms with van der Waals surface area (Å²) in [6, 6.07) is 9.17. The number of amides is 1. The smallest absolute Gasteiger partial charge is 0.262 e. The molecule has 0 aromatic heterocycles. The first kappa shape index (κ1) is 18.8. The second-order valence-corrected chi connectivity index (χ2v) is 6.82. The van der Waals surface area contributed by atoms with Crippen molar-refractivity contribution in [3.63, 3.8) is 0 Å². The summed E-state index contributed by atoms with van der Waals surface area (Å²) in [4.78, 5) is 24.3. The van der Waals surface area contributed by atoms with E-state index in [4.69, 9.17) is 14.2 Å². The maximum Gasteiger partial charge on any atom is 0.262 e. The Morgan fingerprint density at radius 1 is 1.15 bits per heavy atom. The summed E-state index contributed by atoms with van der Waals surface area (Å²) in [5.74, 6) is 1.50. The number of hydrogen-bond acceptors (Lipinski definition) is 5. The molecule has 1 aliphatic rings. The number of fused-ring (bicyclic) bond motifs is 1. The molecule has 1 N–H and O–H groups in total. The van der Waals surface area contributed by atoms with Crippen LogP contribution in [0.5, 0.6) is 17.2 Å². The first-order chi connectivity index (χ1) is 12.8. The molecule has 0 aliphatic carbocycles. The third-order valence-corrected chi connectivity index (χ3v) is 4.40. The zero-order chi connectivity index (χ0) is 19.6. The largest absolute Gasteiger partial charge is 0.483 e. The number of hydrogen-bond donors (Lipinski definition) is 1. The second kappa shape index (κ2) is 7.70. The molecular weight excluding hydrogens is 346 g/mol. The maximum absolute atomic E-state index is 12.4. The van der Waals surface area contributed by atoms with Gasteiger partial charge in [0, 0.05) is 11.6 Å². The molecule has 142 valence electrons. The van der Waals surface area contributed by atoms with Crippen LogP contribution in [-0.4, -0.2) is 25.1 Å². The minimum absolute atomic E-state index is 0.0959. The van der Waals surface area contributed by atoms with Crippen LogP contribution in [0.3, 0.4) is 0 Å². The lowest BCUT2D eigenvalue weighted by Gasteiger charge is -2.14. The van der Waals surface area contributed by atoms with Gasteiger partial charge in [-0.3, -0.25) is 9.59 Å². The van der Waals surface area contributed by atoms with E-state index in [1.54, 1.807) is 12.1 Å². The molecule has 6 nitrogen and oxygen atoms in total. The SMILES string of the molecule is CC(=O)c1cc2c(cc1NC(=O)COc1cc(C(C)C)ccc1C)OCO2. The quantitative estimate of drug-likeness (QED) is 0.777. The molecule has 0 atom stereocenters. The van der Waals surface area contributed by atoms with Gasteiger partial charge in [0.1, 0.15) is 5.75 Å². The Labute approximate surface area is 158 Å². The minimum atomic E-state index is -0.356. The molecule has 2 aromatic carbocycles. The predicted octanol–water partition coefficient (Wildman–Crippen LogP) is 4.07. The predicted molar refractivity (Wildman–Crippen MR) is 102 cm³/mol. The number of nitrogens with one attached hydrogen (secondary N) is 1. The van der Waals surface area contributed by atoms with Gasteiger partial charge in [-0.25, -0.2) is 0 Å². The summed E-state index contributed by atoms with van der Waals surface area (Å²) >= 11 is 0. The van der Waals surface area contributed by atoms with Crippen molar-refractivity contribution in [2.45, 2.75) is 33.6 Å². The van der Waals surface area contributed by atoms with Crippen molar-refractivity contribution in [1.82, 2.24) is 0 Å². The molecule has 0 unspecified atom stereocenters. The normalized spacial score (nSPS) is 12.2. The Morgan fingerprint density at radius 3 is 2.52 bits per heavy atom. The molecule has 27 heavy (non-hydrogen) atoms. The van der Waals surface area contributed by atoms with E-state index in [2.05, 4.69) is 25.2 Å². The first-order valence-corrected chi connectivity index (χ1v) is 8.83. The van der Waals surface area contributed by atoms with Gasteiger partial charge in [-0.15, -0.1) is 0 Å². The third kappa shape index (κ3) is 4.22. The van der Waals surface area contributed by atoms with Crippen molar-refractivity contribution in [3.05, 3.63) is 47.0 Å². The van der Waals surface area contributed by atoms with Crippen molar-refractivity contribution in [2.75, 3.05) is 18.7 Å². The van der Waals surface area contributed by atoms with Crippen LogP contribution in [0.15, 0.2) is 30.3 Å². The average molecular weight is 369 g/mol. The summed E-state index contributed by atoms with van der Waals surface area (Å²) in [5, 5.41) is 2.73. The van der Waals surface area contributed by atoms with Gasteiger partial charge in [0.15, 0.2) is 23.9 Å². The number of rotatable bonds is 6. The van der Waals surface area contributed by atoms with Gasteiger partial charge in [-0.05, 0) is 43.0 Å². The summed E-state index contributed by atoms with van der Waals surface area (Å²) in [6.45, 7) is 7.51. The molecule has 1 amide bonds. The third-order valence-electron chi connectivity index (χ3n) is 4.40. The van der Waals surface area contributed by atoms with E-state index in [9.17, 15) is 9.59 Å². The van der Waals surface area contributed by atoms with E-state index in [1.807, 2.05) is 19.1 Å². The first-order valence-electron chi connectivity index (χ1n) is 8.83. The Morgan fingerprint density at radius 2 is 1.85 bits per heavy atom. The Hall–Kier alpha value is -3.02. The van der Waals surface area contributed by atoms with Crippen molar-refractivity contribution in [3.8, 4) is 17.2 Å². The molecule has 0 saturated carbocycles. The van der Waals surface area contributed by atoms with E-state index >= 15 is 0 Å².